The quantitative estimate of drug-likeness (QED) is 0.718. The molecule has 1 aromatic carbocycles. The summed E-state index contributed by atoms with van der Waals surface area (Å²) in [6.07, 6.45) is 3.11. The first-order valence-electron chi connectivity index (χ1n) is 6.20. The summed E-state index contributed by atoms with van der Waals surface area (Å²) >= 11 is 0. The minimum atomic E-state index is 0.884. The molecule has 0 amide bonds. The van der Waals surface area contributed by atoms with Crippen molar-refractivity contribution in [2.24, 2.45) is 5.92 Å². The Morgan fingerprint density at radius 2 is 1.53 bits per heavy atom. The van der Waals surface area contributed by atoms with Gasteiger partial charge in [-0.1, -0.05) is 63.6 Å². The van der Waals surface area contributed by atoms with E-state index in [9.17, 15) is 0 Å². The van der Waals surface area contributed by atoms with Crippen LogP contribution in [0.1, 0.15) is 27.2 Å². The Hall–Kier alpha value is -1.63. The van der Waals surface area contributed by atoms with Gasteiger partial charge >= 0.3 is 0 Å². The van der Waals surface area contributed by atoms with Gasteiger partial charge in [-0.3, -0.25) is 4.98 Å². The van der Waals surface area contributed by atoms with Crippen molar-refractivity contribution in [1.29, 1.82) is 0 Å². The highest BCUT2D eigenvalue weighted by Crippen LogP contribution is 2.14. The van der Waals surface area contributed by atoms with Crippen molar-refractivity contribution < 1.29 is 0 Å². The minimum absolute atomic E-state index is 0.884. The number of pyridine rings is 1. The lowest BCUT2D eigenvalue weighted by Crippen LogP contribution is -1.79. The second-order valence-electron chi connectivity index (χ2n) is 4.38. The lowest BCUT2D eigenvalue weighted by molar-refractivity contribution is 0.626. The van der Waals surface area contributed by atoms with Gasteiger partial charge in [-0.25, -0.2) is 0 Å². The molecule has 0 aliphatic rings. The lowest BCUT2D eigenvalue weighted by atomic mass is 10.1. The number of hydrogen-bond acceptors (Lipinski definition) is 1. The van der Waals surface area contributed by atoms with Crippen molar-refractivity contribution in [3.8, 4) is 11.3 Å². The number of hydrogen-bond donors (Lipinski definition) is 0. The van der Waals surface area contributed by atoms with Gasteiger partial charge in [-0.15, -0.1) is 0 Å². The average Bonchev–Trinajstić information content (AvgIpc) is 2.41. The Labute approximate surface area is 105 Å². The maximum absolute atomic E-state index is 4.25. The SMILES string of the molecule is CCC(C)C.c1ccc(-c2ccccn2)cc1. The van der Waals surface area contributed by atoms with Gasteiger partial charge in [0.2, 0.25) is 0 Å². The topological polar surface area (TPSA) is 12.9 Å². The van der Waals surface area contributed by atoms with Crippen LogP contribution in [0.2, 0.25) is 0 Å². The molecule has 0 unspecified atom stereocenters. The van der Waals surface area contributed by atoms with Crippen molar-refractivity contribution in [2.75, 3.05) is 0 Å². The molecule has 0 bridgehead atoms. The number of nitrogens with zero attached hydrogens (tertiary/aromatic N) is 1. The molecule has 0 aliphatic carbocycles. The Morgan fingerprint density at radius 1 is 0.941 bits per heavy atom. The predicted octanol–water partition coefficient (Wildman–Crippen LogP) is 4.80. The molecule has 0 saturated heterocycles. The fourth-order valence-electron chi connectivity index (χ4n) is 1.14. The number of aromatic nitrogens is 1. The molecule has 90 valence electrons. The maximum Gasteiger partial charge on any atom is 0.0701 e. The van der Waals surface area contributed by atoms with Crippen LogP contribution in [0.4, 0.5) is 0 Å². The fourth-order valence-corrected chi connectivity index (χ4v) is 1.14. The number of benzene rings is 1. The zero-order chi connectivity index (χ0) is 12.5. The molecule has 0 N–H and O–H groups in total. The molecule has 1 heteroatoms. The summed E-state index contributed by atoms with van der Waals surface area (Å²) in [5.41, 5.74) is 2.19. The van der Waals surface area contributed by atoms with E-state index in [2.05, 4.69) is 37.9 Å². The van der Waals surface area contributed by atoms with Crippen LogP contribution in [0.15, 0.2) is 54.7 Å². The Bertz CT molecular complexity index is 355. The molecule has 0 spiro atoms. The zero-order valence-corrected chi connectivity index (χ0v) is 10.9. The first-order chi connectivity index (χ1) is 8.24. The molecule has 1 nitrogen and oxygen atoms in total. The third-order valence-electron chi connectivity index (χ3n) is 2.55. The van der Waals surface area contributed by atoms with Crippen LogP contribution >= 0.6 is 0 Å². The van der Waals surface area contributed by atoms with E-state index < -0.39 is 0 Å². The van der Waals surface area contributed by atoms with E-state index in [1.807, 2.05) is 42.6 Å². The zero-order valence-electron chi connectivity index (χ0n) is 10.9. The molecule has 1 aromatic heterocycles. The van der Waals surface area contributed by atoms with E-state index in [1.165, 1.54) is 6.42 Å². The highest BCUT2D eigenvalue weighted by molar-refractivity contribution is 5.58. The average molecular weight is 227 g/mol. The lowest BCUT2D eigenvalue weighted by Gasteiger charge is -1.97. The molecule has 2 rings (SSSR count). The van der Waals surface area contributed by atoms with E-state index in [0.29, 0.717) is 0 Å². The maximum atomic E-state index is 4.25. The van der Waals surface area contributed by atoms with Crippen LogP contribution in [0.5, 0.6) is 0 Å². The highest BCUT2D eigenvalue weighted by atomic mass is 14.7. The summed E-state index contributed by atoms with van der Waals surface area (Å²) in [5.74, 6) is 0.884. The van der Waals surface area contributed by atoms with Crippen molar-refractivity contribution in [3.05, 3.63) is 54.7 Å². The molecule has 0 saturated carbocycles. The molecule has 0 fully saturated rings. The van der Waals surface area contributed by atoms with Gasteiger partial charge in [0, 0.05) is 11.8 Å². The van der Waals surface area contributed by atoms with Crippen LogP contribution in [-0.2, 0) is 0 Å². The molecule has 0 atom stereocenters. The standard InChI is InChI=1S/C11H9N.C5H12/c1-2-6-10(7-3-1)11-8-4-5-9-12-11;1-4-5(2)3/h1-9H;5H,4H2,1-3H3. The Morgan fingerprint density at radius 3 is 2.00 bits per heavy atom. The van der Waals surface area contributed by atoms with Crippen LogP contribution < -0.4 is 0 Å². The summed E-state index contributed by atoms with van der Waals surface area (Å²) in [6, 6.07) is 16.1. The third kappa shape index (κ3) is 5.30. The summed E-state index contributed by atoms with van der Waals surface area (Å²) in [4.78, 5) is 4.25. The van der Waals surface area contributed by atoms with Gasteiger partial charge in [0.15, 0.2) is 0 Å². The number of rotatable bonds is 2. The van der Waals surface area contributed by atoms with Crippen LogP contribution in [0.25, 0.3) is 11.3 Å². The third-order valence-corrected chi connectivity index (χ3v) is 2.55. The van der Waals surface area contributed by atoms with Gasteiger partial charge < -0.3 is 0 Å². The first kappa shape index (κ1) is 13.4. The summed E-state index contributed by atoms with van der Waals surface area (Å²) in [5, 5.41) is 0. The minimum Gasteiger partial charge on any atom is -0.256 e. The van der Waals surface area contributed by atoms with Gasteiger partial charge in [0.05, 0.1) is 5.69 Å². The molecule has 0 radical (unpaired) electrons. The van der Waals surface area contributed by atoms with E-state index in [4.69, 9.17) is 0 Å². The summed E-state index contributed by atoms with van der Waals surface area (Å²) in [6.45, 7) is 6.64. The molecular formula is C16H21N. The monoisotopic (exact) mass is 227 g/mol. The fraction of sp³-hybridized carbons (Fsp3) is 0.312. The van der Waals surface area contributed by atoms with Crippen LogP contribution in [0, 0.1) is 5.92 Å². The highest BCUT2D eigenvalue weighted by Gasteiger charge is 1.93. The Balaban J connectivity index is 0.000000249. The Kier molecular flexibility index (Phi) is 6.02. The molecule has 2 aromatic rings. The van der Waals surface area contributed by atoms with Crippen LogP contribution in [-0.4, -0.2) is 4.98 Å². The summed E-state index contributed by atoms with van der Waals surface area (Å²) < 4.78 is 0. The van der Waals surface area contributed by atoms with Crippen molar-refractivity contribution in [1.82, 2.24) is 4.98 Å². The van der Waals surface area contributed by atoms with Gasteiger partial charge in [0.25, 0.3) is 0 Å². The van der Waals surface area contributed by atoms with Gasteiger partial charge in [-0.2, -0.15) is 0 Å². The largest absolute Gasteiger partial charge is 0.256 e. The molecule has 1 heterocycles. The van der Waals surface area contributed by atoms with Crippen LogP contribution in [0.3, 0.4) is 0 Å². The van der Waals surface area contributed by atoms with Crippen molar-refractivity contribution in [3.63, 3.8) is 0 Å². The normalized spacial score (nSPS) is 9.65. The second kappa shape index (κ2) is 7.61. The predicted molar refractivity (Wildman–Crippen MR) is 74.8 cm³/mol. The van der Waals surface area contributed by atoms with E-state index >= 15 is 0 Å². The van der Waals surface area contributed by atoms with E-state index in [0.717, 1.165) is 17.2 Å². The molecular weight excluding hydrogens is 206 g/mol. The first-order valence-corrected chi connectivity index (χ1v) is 6.20. The smallest absolute Gasteiger partial charge is 0.0701 e. The van der Waals surface area contributed by atoms with Crippen molar-refractivity contribution in [2.45, 2.75) is 27.2 Å². The molecule has 0 aliphatic heterocycles. The van der Waals surface area contributed by atoms with Gasteiger partial charge in [0.1, 0.15) is 0 Å². The van der Waals surface area contributed by atoms with E-state index in [1.54, 1.807) is 0 Å². The van der Waals surface area contributed by atoms with Gasteiger partial charge in [-0.05, 0) is 18.1 Å². The molecule has 17 heavy (non-hydrogen) atoms. The summed E-state index contributed by atoms with van der Waals surface area (Å²) in [7, 11) is 0. The van der Waals surface area contributed by atoms with Crippen molar-refractivity contribution >= 4 is 0 Å². The van der Waals surface area contributed by atoms with E-state index in [-0.39, 0.29) is 0 Å². The second-order valence-corrected chi connectivity index (χ2v) is 4.38.